The summed E-state index contributed by atoms with van der Waals surface area (Å²) in [5.41, 5.74) is 4.22. The fraction of sp³-hybridized carbons (Fsp3) is 0.200. The lowest BCUT2D eigenvalue weighted by Crippen LogP contribution is -2.57. The van der Waals surface area contributed by atoms with Crippen molar-refractivity contribution in [2.24, 2.45) is 5.73 Å². The molecule has 0 saturated heterocycles. The number of carbonyl (C=O) groups excluding carboxylic acids is 1. The minimum Gasteiger partial charge on any atom is -0.504 e. The van der Waals surface area contributed by atoms with E-state index in [9.17, 15) is 14.6 Å². The number of aliphatic carboxylic acids is 1. The molecule has 7 heteroatoms. The lowest BCUT2D eigenvalue weighted by Gasteiger charge is -2.20. The van der Waals surface area contributed by atoms with Crippen molar-refractivity contribution in [2.45, 2.75) is 12.0 Å². The van der Waals surface area contributed by atoms with E-state index in [-0.39, 0.29) is 6.42 Å². The number of hydrogen-bond acceptors (Lipinski definition) is 5. The summed E-state index contributed by atoms with van der Waals surface area (Å²) in [6.07, 6.45) is -0.214. The maximum Gasteiger partial charge on any atom is 0.562 e. The molecule has 0 unspecified atom stereocenters. The zero-order chi connectivity index (χ0) is 12.6. The second-order valence-corrected chi connectivity index (χ2v) is 3.91. The van der Waals surface area contributed by atoms with Gasteiger partial charge in [0.1, 0.15) is 0 Å². The second kappa shape index (κ2) is 3.87. The third-order valence-corrected chi connectivity index (χ3v) is 2.75. The fourth-order valence-corrected chi connectivity index (χ4v) is 1.74. The molecule has 1 atom stereocenters. The average molecular weight is 235 g/mol. The van der Waals surface area contributed by atoms with E-state index < -0.39 is 24.6 Å². The van der Waals surface area contributed by atoms with Crippen molar-refractivity contribution >= 4 is 24.5 Å². The van der Waals surface area contributed by atoms with Gasteiger partial charge in [-0.3, -0.25) is 4.79 Å². The normalized spacial score (nSPS) is 23.6. The van der Waals surface area contributed by atoms with Crippen LogP contribution in [-0.2, 0) is 20.7 Å². The van der Waals surface area contributed by atoms with Crippen molar-refractivity contribution in [3.05, 3.63) is 29.8 Å². The summed E-state index contributed by atoms with van der Waals surface area (Å²) in [7, 11) is -1.48. The van der Waals surface area contributed by atoms with Crippen LogP contribution in [0.1, 0.15) is 5.56 Å². The second-order valence-electron chi connectivity index (χ2n) is 3.91. The largest absolute Gasteiger partial charge is 0.562 e. The molecule has 2 rings (SSSR count). The van der Waals surface area contributed by atoms with Crippen molar-refractivity contribution in [3.8, 4) is 0 Å². The number of fused-ring (bicyclic) bond motifs is 1. The molecule has 1 aromatic rings. The molecular formula is C10H10BNO5. The van der Waals surface area contributed by atoms with E-state index in [0.717, 1.165) is 0 Å². The Morgan fingerprint density at radius 1 is 1.47 bits per heavy atom. The number of carboxylic acids is 1. The van der Waals surface area contributed by atoms with Crippen molar-refractivity contribution in [1.29, 1.82) is 0 Å². The molecule has 17 heavy (non-hydrogen) atoms. The Hall–Kier alpha value is -1.86. The third-order valence-electron chi connectivity index (χ3n) is 2.75. The first-order chi connectivity index (χ1) is 7.95. The number of carboxylic acid groups (broad SMARTS) is 1. The van der Waals surface area contributed by atoms with Gasteiger partial charge in [0.05, 0.1) is 0 Å². The monoisotopic (exact) mass is 235 g/mol. The Morgan fingerprint density at radius 2 is 2.12 bits per heavy atom. The molecule has 0 saturated carbocycles. The Balaban J connectivity index is 2.53. The number of rotatable bonds is 1. The van der Waals surface area contributed by atoms with Crippen LogP contribution in [0.5, 0.6) is 0 Å². The summed E-state index contributed by atoms with van der Waals surface area (Å²) < 4.78 is 4.63. The van der Waals surface area contributed by atoms with E-state index >= 15 is 0 Å². The minimum atomic E-state index is -2.16. The van der Waals surface area contributed by atoms with Crippen LogP contribution in [0.3, 0.4) is 0 Å². The Morgan fingerprint density at radius 3 is 2.76 bits per heavy atom. The van der Waals surface area contributed by atoms with Gasteiger partial charge < -0.3 is 20.5 Å². The zero-order valence-corrected chi connectivity index (χ0v) is 8.79. The van der Waals surface area contributed by atoms with E-state index in [4.69, 9.17) is 10.8 Å². The molecule has 88 valence electrons. The summed E-state index contributed by atoms with van der Waals surface area (Å²) in [6, 6.07) is 6.48. The highest BCUT2D eigenvalue weighted by Crippen LogP contribution is 2.17. The summed E-state index contributed by atoms with van der Waals surface area (Å²) in [6.45, 7) is 0. The molecule has 0 radical (unpaired) electrons. The molecular weight excluding hydrogens is 225 g/mol. The van der Waals surface area contributed by atoms with Gasteiger partial charge >= 0.3 is 19.1 Å². The number of hydrogen-bond donors (Lipinski definition) is 3. The van der Waals surface area contributed by atoms with Crippen LogP contribution in [-0.4, -0.2) is 34.7 Å². The van der Waals surface area contributed by atoms with E-state index in [0.29, 0.717) is 11.0 Å². The first-order valence-corrected chi connectivity index (χ1v) is 4.94. The lowest BCUT2D eigenvalue weighted by atomic mass is 9.76. The Labute approximate surface area is 97.1 Å². The van der Waals surface area contributed by atoms with Crippen LogP contribution >= 0.6 is 0 Å². The summed E-state index contributed by atoms with van der Waals surface area (Å²) in [4.78, 5) is 22.6. The lowest BCUT2D eigenvalue weighted by molar-refractivity contribution is -0.155. The summed E-state index contributed by atoms with van der Waals surface area (Å²) in [5.74, 6) is -2.62. The Kier molecular flexibility index (Phi) is 2.64. The fourth-order valence-electron chi connectivity index (χ4n) is 1.74. The van der Waals surface area contributed by atoms with Crippen LogP contribution in [0.4, 0.5) is 0 Å². The van der Waals surface area contributed by atoms with Crippen molar-refractivity contribution < 1.29 is 24.4 Å². The highest BCUT2D eigenvalue weighted by atomic mass is 16.6. The molecule has 1 aromatic carbocycles. The third kappa shape index (κ3) is 1.79. The highest BCUT2D eigenvalue weighted by Gasteiger charge is 2.48. The minimum absolute atomic E-state index is 0.214. The van der Waals surface area contributed by atoms with Crippen molar-refractivity contribution in [1.82, 2.24) is 0 Å². The highest BCUT2D eigenvalue weighted by molar-refractivity contribution is 6.62. The van der Waals surface area contributed by atoms with Crippen LogP contribution in [0.2, 0.25) is 0 Å². The molecule has 1 heterocycles. The van der Waals surface area contributed by atoms with Gasteiger partial charge in [-0.1, -0.05) is 24.3 Å². The molecule has 4 N–H and O–H groups in total. The molecule has 0 aliphatic carbocycles. The van der Waals surface area contributed by atoms with Crippen LogP contribution < -0.4 is 11.2 Å². The van der Waals surface area contributed by atoms with Gasteiger partial charge in [0, 0.05) is 11.9 Å². The topological polar surface area (TPSA) is 110 Å². The molecule has 1 aliphatic heterocycles. The first-order valence-electron chi connectivity index (χ1n) is 4.94. The predicted octanol–water partition coefficient (Wildman–Crippen LogP) is -1.74. The number of nitrogens with two attached hydrogens (primary N) is 1. The molecule has 0 aromatic heterocycles. The maximum atomic E-state index is 11.6. The predicted molar refractivity (Wildman–Crippen MR) is 58.4 cm³/mol. The molecule has 6 nitrogen and oxygen atoms in total. The average Bonchev–Trinajstić information content (AvgIpc) is 2.37. The van der Waals surface area contributed by atoms with Crippen LogP contribution in [0, 0.1) is 0 Å². The Bertz CT molecular complexity index is 491. The smallest absolute Gasteiger partial charge is 0.504 e. The molecule has 0 amide bonds. The number of carbonyl (C=O) groups is 2. The number of benzene rings is 1. The van der Waals surface area contributed by atoms with Gasteiger partial charge in [0.15, 0.2) is 0 Å². The van der Waals surface area contributed by atoms with E-state index in [1.165, 1.54) is 0 Å². The standard InChI is InChI=1S/C10H10BNO5/c12-10(8(13)14)5-6-3-1-2-4-7(6)11(16)17-9(10)15/h1-4,16H,5,12H2,(H,13,14)/t10-/m1/s1. The van der Waals surface area contributed by atoms with E-state index in [2.05, 4.69) is 4.65 Å². The van der Waals surface area contributed by atoms with E-state index in [1.54, 1.807) is 24.3 Å². The van der Waals surface area contributed by atoms with Crippen LogP contribution in [0.15, 0.2) is 24.3 Å². The van der Waals surface area contributed by atoms with Gasteiger partial charge in [-0.2, -0.15) is 0 Å². The van der Waals surface area contributed by atoms with Gasteiger partial charge in [0.25, 0.3) is 0 Å². The molecule has 0 fully saturated rings. The van der Waals surface area contributed by atoms with Gasteiger partial charge in [0.2, 0.25) is 5.54 Å². The first kappa shape index (κ1) is 11.6. The van der Waals surface area contributed by atoms with Gasteiger partial charge in [-0.15, -0.1) is 0 Å². The van der Waals surface area contributed by atoms with Crippen molar-refractivity contribution in [2.75, 3.05) is 0 Å². The SMILES string of the molecule is N[C@@]1(C(=O)O)Cc2ccccc2B(O)OC1=O. The molecule has 0 bridgehead atoms. The summed E-state index contributed by atoms with van der Waals surface area (Å²) in [5, 5.41) is 18.6. The maximum absolute atomic E-state index is 11.6. The van der Waals surface area contributed by atoms with Crippen molar-refractivity contribution in [3.63, 3.8) is 0 Å². The zero-order valence-electron chi connectivity index (χ0n) is 8.79. The quantitative estimate of drug-likeness (QED) is 0.393. The summed E-state index contributed by atoms with van der Waals surface area (Å²) >= 11 is 0. The van der Waals surface area contributed by atoms with E-state index in [1.807, 2.05) is 0 Å². The van der Waals surface area contributed by atoms with Gasteiger partial charge in [-0.05, 0) is 5.56 Å². The molecule has 0 spiro atoms. The molecule has 1 aliphatic rings. The van der Waals surface area contributed by atoms with Gasteiger partial charge in [-0.25, -0.2) is 4.79 Å². The van der Waals surface area contributed by atoms with Crippen LogP contribution in [0.25, 0.3) is 0 Å².